The van der Waals surface area contributed by atoms with Crippen LogP contribution in [0.25, 0.3) is 0 Å². The SMILES string of the molecule is COC(=O)CCCCCCC(CC(=O)O)C1CC(C)(C)N(C)CC1(C)C. The van der Waals surface area contributed by atoms with Crippen LogP contribution in [0.3, 0.4) is 0 Å². The van der Waals surface area contributed by atoms with E-state index in [-0.39, 0.29) is 29.3 Å². The molecule has 0 aliphatic carbocycles. The molecule has 152 valence electrons. The maximum Gasteiger partial charge on any atom is 0.305 e. The van der Waals surface area contributed by atoms with Gasteiger partial charge >= 0.3 is 11.9 Å². The molecule has 1 saturated heterocycles. The molecule has 5 nitrogen and oxygen atoms in total. The fourth-order valence-corrected chi connectivity index (χ4v) is 4.52. The largest absolute Gasteiger partial charge is 0.481 e. The van der Waals surface area contributed by atoms with Crippen LogP contribution in [0.4, 0.5) is 0 Å². The van der Waals surface area contributed by atoms with E-state index in [4.69, 9.17) is 0 Å². The van der Waals surface area contributed by atoms with Crippen molar-refractivity contribution in [3.05, 3.63) is 0 Å². The van der Waals surface area contributed by atoms with E-state index in [0.29, 0.717) is 12.3 Å². The Bertz CT molecular complexity index is 473. The number of nitrogens with zero attached hydrogens (tertiary/aromatic N) is 1. The Kier molecular flexibility index (Phi) is 8.58. The van der Waals surface area contributed by atoms with E-state index >= 15 is 0 Å². The third-order valence-electron chi connectivity index (χ3n) is 6.34. The molecule has 1 fully saturated rings. The fourth-order valence-electron chi connectivity index (χ4n) is 4.52. The molecule has 1 rings (SSSR count). The zero-order valence-corrected chi connectivity index (χ0v) is 17.6. The molecular formula is C21H39NO4. The van der Waals surface area contributed by atoms with Gasteiger partial charge in [0.05, 0.1) is 7.11 Å². The summed E-state index contributed by atoms with van der Waals surface area (Å²) in [5.74, 6) is -0.201. The minimum absolute atomic E-state index is 0.109. The van der Waals surface area contributed by atoms with Crippen molar-refractivity contribution in [2.24, 2.45) is 17.3 Å². The van der Waals surface area contributed by atoms with Gasteiger partial charge in [-0.3, -0.25) is 9.59 Å². The monoisotopic (exact) mass is 369 g/mol. The molecule has 2 atom stereocenters. The maximum atomic E-state index is 11.5. The number of esters is 1. The van der Waals surface area contributed by atoms with Crippen molar-refractivity contribution >= 4 is 11.9 Å². The molecule has 2 unspecified atom stereocenters. The number of unbranched alkanes of at least 4 members (excludes halogenated alkanes) is 3. The van der Waals surface area contributed by atoms with Gasteiger partial charge in [-0.2, -0.15) is 0 Å². The molecule has 0 saturated carbocycles. The van der Waals surface area contributed by atoms with Gasteiger partial charge in [-0.25, -0.2) is 0 Å². The van der Waals surface area contributed by atoms with Crippen molar-refractivity contribution in [2.45, 2.75) is 84.6 Å². The summed E-state index contributed by atoms with van der Waals surface area (Å²) >= 11 is 0. The van der Waals surface area contributed by atoms with Gasteiger partial charge in [0.25, 0.3) is 0 Å². The highest BCUT2D eigenvalue weighted by Crippen LogP contribution is 2.47. The summed E-state index contributed by atoms with van der Waals surface area (Å²) in [6, 6.07) is 0. The Hall–Kier alpha value is -1.10. The van der Waals surface area contributed by atoms with Crippen molar-refractivity contribution in [2.75, 3.05) is 20.7 Å². The lowest BCUT2D eigenvalue weighted by Gasteiger charge is -2.54. The number of aliphatic carboxylic acids is 1. The highest BCUT2D eigenvalue weighted by Gasteiger charge is 2.46. The summed E-state index contributed by atoms with van der Waals surface area (Å²) in [6.07, 6.45) is 6.65. The van der Waals surface area contributed by atoms with Crippen LogP contribution in [-0.2, 0) is 14.3 Å². The van der Waals surface area contributed by atoms with Gasteiger partial charge in [0.2, 0.25) is 0 Å². The minimum atomic E-state index is -0.687. The molecule has 1 aliphatic heterocycles. The van der Waals surface area contributed by atoms with Gasteiger partial charge in [0, 0.05) is 24.9 Å². The van der Waals surface area contributed by atoms with E-state index in [2.05, 4.69) is 44.4 Å². The van der Waals surface area contributed by atoms with E-state index < -0.39 is 5.97 Å². The Balaban J connectivity index is 2.62. The number of likely N-dealkylation sites (tertiary alicyclic amines) is 1. The van der Waals surface area contributed by atoms with Crippen LogP contribution in [-0.4, -0.2) is 48.2 Å². The Morgan fingerprint density at radius 1 is 1.15 bits per heavy atom. The van der Waals surface area contributed by atoms with Crippen LogP contribution < -0.4 is 0 Å². The van der Waals surface area contributed by atoms with E-state index in [1.807, 2.05) is 0 Å². The number of carbonyl (C=O) groups is 2. The lowest BCUT2D eigenvalue weighted by molar-refractivity contribution is -0.141. The van der Waals surface area contributed by atoms with E-state index in [0.717, 1.165) is 45.1 Å². The molecule has 1 heterocycles. The first-order valence-electron chi connectivity index (χ1n) is 9.99. The molecule has 0 bridgehead atoms. The second-order valence-electron chi connectivity index (χ2n) is 9.35. The first-order valence-corrected chi connectivity index (χ1v) is 9.99. The van der Waals surface area contributed by atoms with E-state index in [9.17, 15) is 14.7 Å². The van der Waals surface area contributed by atoms with Gasteiger partial charge in [0.1, 0.15) is 0 Å². The van der Waals surface area contributed by atoms with Crippen LogP contribution in [0.15, 0.2) is 0 Å². The first-order chi connectivity index (χ1) is 12.0. The number of hydrogen-bond acceptors (Lipinski definition) is 4. The van der Waals surface area contributed by atoms with Crippen molar-refractivity contribution in [1.29, 1.82) is 0 Å². The van der Waals surface area contributed by atoms with Crippen molar-refractivity contribution in [1.82, 2.24) is 4.90 Å². The van der Waals surface area contributed by atoms with Crippen LogP contribution >= 0.6 is 0 Å². The van der Waals surface area contributed by atoms with Gasteiger partial charge in [-0.05, 0) is 57.4 Å². The molecule has 0 spiro atoms. The van der Waals surface area contributed by atoms with E-state index in [1.54, 1.807) is 0 Å². The molecule has 26 heavy (non-hydrogen) atoms. The van der Waals surface area contributed by atoms with Gasteiger partial charge in [-0.15, -0.1) is 0 Å². The normalized spacial score (nSPS) is 23.4. The summed E-state index contributed by atoms with van der Waals surface area (Å²) < 4.78 is 4.66. The third kappa shape index (κ3) is 6.90. The summed E-state index contributed by atoms with van der Waals surface area (Å²) in [5.41, 5.74) is 0.229. The number of hydrogen-bond donors (Lipinski definition) is 1. The number of carboxylic acid groups (broad SMARTS) is 1. The minimum Gasteiger partial charge on any atom is -0.481 e. The summed E-state index contributed by atoms with van der Waals surface area (Å²) in [5, 5.41) is 9.43. The fraction of sp³-hybridized carbons (Fsp3) is 0.905. The molecule has 0 radical (unpaired) electrons. The predicted octanol–water partition coefficient (Wildman–Crippen LogP) is 4.35. The second-order valence-corrected chi connectivity index (χ2v) is 9.35. The van der Waals surface area contributed by atoms with Crippen LogP contribution in [0, 0.1) is 17.3 Å². The predicted molar refractivity (Wildman–Crippen MR) is 104 cm³/mol. The van der Waals surface area contributed by atoms with Gasteiger partial charge in [0.15, 0.2) is 0 Å². The lowest BCUT2D eigenvalue weighted by Crippen LogP contribution is -2.56. The lowest BCUT2D eigenvalue weighted by atomic mass is 9.62. The highest BCUT2D eigenvalue weighted by atomic mass is 16.5. The van der Waals surface area contributed by atoms with Crippen LogP contribution in [0.2, 0.25) is 0 Å². The molecule has 5 heteroatoms. The zero-order chi connectivity index (χ0) is 20.0. The van der Waals surface area contributed by atoms with Crippen LogP contribution in [0.1, 0.15) is 79.1 Å². The summed E-state index contributed by atoms with van der Waals surface area (Å²) in [7, 11) is 3.59. The number of rotatable bonds is 10. The topological polar surface area (TPSA) is 66.8 Å². The van der Waals surface area contributed by atoms with E-state index in [1.165, 1.54) is 7.11 Å². The summed E-state index contributed by atoms with van der Waals surface area (Å²) in [6.45, 7) is 10.1. The molecule has 0 aromatic carbocycles. The molecule has 0 amide bonds. The average molecular weight is 370 g/mol. The Morgan fingerprint density at radius 2 is 1.77 bits per heavy atom. The maximum absolute atomic E-state index is 11.5. The number of methoxy groups -OCH3 is 1. The molecule has 1 aliphatic rings. The van der Waals surface area contributed by atoms with Crippen molar-refractivity contribution in [3.8, 4) is 0 Å². The quantitative estimate of drug-likeness (QED) is 0.458. The summed E-state index contributed by atoms with van der Waals surface area (Å²) in [4.78, 5) is 25.0. The highest BCUT2D eigenvalue weighted by molar-refractivity contribution is 5.69. The molecule has 0 aromatic rings. The van der Waals surface area contributed by atoms with Crippen molar-refractivity contribution < 1.29 is 19.4 Å². The number of ether oxygens (including phenoxy) is 1. The zero-order valence-electron chi connectivity index (χ0n) is 17.6. The van der Waals surface area contributed by atoms with Crippen molar-refractivity contribution in [3.63, 3.8) is 0 Å². The molecule has 0 aromatic heterocycles. The third-order valence-corrected chi connectivity index (χ3v) is 6.34. The molecule has 1 N–H and O–H groups in total. The van der Waals surface area contributed by atoms with Crippen LogP contribution in [0.5, 0.6) is 0 Å². The number of carboxylic acids is 1. The average Bonchev–Trinajstić information content (AvgIpc) is 2.52. The molecular weight excluding hydrogens is 330 g/mol. The second kappa shape index (κ2) is 9.72. The number of piperidine rings is 1. The van der Waals surface area contributed by atoms with Gasteiger partial charge < -0.3 is 14.7 Å². The first kappa shape index (κ1) is 22.9. The smallest absolute Gasteiger partial charge is 0.305 e. The standard InChI is InChI=1S/C21H39NO4/c1-20(2)15-22(5)21(3,4)14-17(20)16(13-18(23)24)11-9-7-8-10-12-19(25)26-6/h16-17H,7-15H2,1-6H3,(H,23,24). The Morgan fingerprint density at radius 3 is 2.35 bits per heavy atom. The Labute approximate surface area is 159 Å². The van der Waals surface area contributed by atoms with Gasteiger partial charge in [-0.1, -0.05) is 33.1 Å². The number of carbonyl (C=O) groups excluding carboxylic acids is 1.